The highest BCUT2D eigenvalue weighted by molar-refractivity contribution is 5.77. The number of ether oxygens (including phenoxy) is 2. The standard InChI is InChI=1S/C20H27NO4/c1-12(22)25-13-6-7-14-15(10-13)19(2)8-5-9-20(3,18(23)24-4)17(19)11-16(14)21/h6-7,10,16-17H,5,8-9,11,21H2,1-4H3/t16-,17-,19-,20+/m1/s1. The lowest BCUT2D eigenvalue weighted by atomic mass is 9.49. The number of carbonyl (C=O) groups excluding carboxylic acids is 2. The second kappa shape index (κ2) is 6.13. The van der Waals surface area contributed by atoms with Gasteiger partial charge in [0.05, 0.1) is 12.5 Å². The molecule has 25 heavy (non-hydrogen) atoms. The van der Waals surface area contributed by atoms with Gasteiger partial charge in [0.2, 0.25) is 0 Å². The van der Waals surface area contributed by atoms with Crippen LogP contribution >= 0.6 is 0 Å². The van der Waals surface area contributed by atoms with E-state index in [1.807, 2.05) is 19.1 Å². The fraction of sp³-hybridized carbons (Fsp3) is 0.600. The van der Waals surface area contributed by atoms with Crippen molar-refractivity contribution in [2.75, 3.05) is 7.11 Å². The zero-order chi connectivity index (χ0) is 18.4. The molecule has 2 aliphatic rings. The van der Waals surface area contributed by atoms with Gasteiger partial charge in [0.25, 0.3) is 0 Å². The van der Waals surface area contributed by atoms with Crippen LogP contribution in [0.4, 0.5) is 0 Å². The molecule has 0 aliphatic heterocycles. The Hall–Kier alpha value is -1.88. The number of methoxy groups -OCH3 is 1. The lowest BCUT2D eigenvalue weighted by molar-refractivity contribution is -0.161. The summed E-state index contributed by atoms with van der Waals surface area (Å²) in [5.74, 6) is 0.127. The van der Waals surface area contributed by atoms with E-state index in [1.165, 1.54) is 14.0 Å². The Balaban J connectivity index is 2.11. The number of carbonyl (C=O) groups is 2. The second-order valence-corrected chi connectivity index (χ2v) is 7.92. The van der Waals surface area contributed by atoms with Crippen LogP contribution in [0, 0.1) is 11.3 Å². The Morgan fingerprint density at radius 1 is 1.24 bits per heavy atom. The van der Waals surface area contributed by atoms with E-state index in [4.69, 9.17) is 15.2 Å². The minimum atomic E-state index is -0.547. The molecule has 5 heteroatoms. The van der Waals surface area contributed by atoms with Crippen molar-refractivity contribution in [1.29, 1.82) is 0 Å². The van der Waals surface area contributed by atoms with Gasteiger partial charge in [-0.2, -0.15) is 0 Å². The maximum atomic E-state index is 12.6. The molecule has 2 aliphatic carbocycles. The molecule has 0 heterocycles. The van der Waals surface area contributed by atoms with Crippen LogP contribution in [0.3, 0.4) is 0 Å². The van der Waals surface area contributed by atoms with Gasteiger partial charge < -0.3 is 15.2 Å². The summed E-state index contributed by atoms with van der Waals surface area (Å²) in [6, 6.07) is 5.56. The molecule has 2 N–H and O–H groups in total. The predicted molar refractivity (Wildman–Crippen MR) is 94.1 cm³/mol. The van der Waals surface area contributed by atoms with Crippen molar-refractivity contribution in [3.8, 4) is 5.75 Å². The molecule has 0 amide bonds. The SMILES string of the molecule is COC(=O)[C@@]1(C)CCC[C@]2(C)c3cc(OC(C)=O)ccc3[C@H](N)C[C@@H]12. The number of esters is 2. The van der Waals surface area contributed by atoms with Gasteiger partial charge >= 0.3 is 11.9 Å². The zero-order valence-electron chi connectivity index (χ0n) is 15.4. The van der Waals surface area contributed by atoms with Gasteiger partial charge in [-0.05, 0) is 60.8 Å². The lowest BCUT2D eigenvalue weighted by Gasteiger charge is -2.55. The Bertz CT molecular complexity index is 716. The highest BCUT2D eigenvalue weighted by Crippen LogP contribution is 2.59. The monoisotopic (exact) mass is 345 g/mol. The van der Waals surface area contributed by atoms with Crippen molar-refractivity contribution in [2.45, 2.75) is 57.9 Å². The average Bonchev–Trinajstić information content (AvgIpc) is 2.56. The molecule has 4 atom stereocenters. The van der Waals surface area contributed by atoms with Gasteiger partial charge in [0.15, 0.2) is 0 Å². The molecule has 1 aromatic carbocycles. The van der Waals surface area contributed by atoms with Gasteiger partial charge in [0, 0.05) is 13.0 Å². The molecule has 5 nitrogen and oxygen atoms in total. The fourth-order valence-electron chi connectivity index (χ4n) is 5.16. The van der Waals surface area contributed by atoms with E-state index in [2.05, 4.69) is 6.92 Å². The Morgan fingerprint density at radius 3 is 2.60 bits per heavy atom. The number of hydrogen-bond donors (Lipinski definition) is 1. The third-order valence-corrected chi connectivity index (χ3v) is 6.37. The van der Waals surface area contributed by atoms with Crippen LogP contribution in [-0.2, 0) is 19.7 Å². The minimum Gasteiger partial charge on any atom is -0.469 e. The molecule has 0 radical (unpaired) electrons. The van der Waals surface area contributed by atoms with Crippen LogP contribution in [0.2, 0.25) is 0 Å². The highest BCUT2D eigenvalue weighted by Gasteiger charge is 2.56. The fourth-order valence-corrected chi connectivity index (χ4v) is 5.16. The first-order chi connectivity index (χ1) is 11.7. The zero-order valence-corrected chi connectivity index (χ0v) is 15.4. The number of rotatable bonds is 2. The van der Waals surface area contributed by atoms with E-state index >= 15 is 0 Å². The van der Waals surface area contributed by atoms with Crippen LogP contribution in [0.5, 0.6) is 5.75 Å². The van der Waals surface area contributed by atoms with Gasteiger partial charge in [-0.3, -0.25) is 9.59 Å². The molecule has 0 spiro atoms. The summed E-state index contributed by atoms with van der Waals surface area (Å²) in [7, 11) is 1.45. The third kappa shape index (κ3) is 2.74. The van der Waals surface area contributed by atoms with Crippen molar-refractivity contribution in [3.05, 3.63) is 29.3 Å². The van der Waals surface area contributed by atoms with E-state index in [0.717, 1.165) is 36.8 Å². The minimum absolute atomic E-state index is 0.0938. The molecule has 0 aromatic heterocycles. The van der Waals surface area contributed by atoms with Crippen LogP contribution in [0.25, 0.3) is 0 Å². The van der Waals surface area contributed by atoms with Crippen molar-refractivity contribution < 1.29 is 19.1 Å². The van der Waals surface area contributed by atoms with Crippen LogP contribution in [0.1, 0.15) is 63.6 Å². The second-order valence-electron chi connectivity index (χ2n) is 7.92. The molecular formula is C20H27NO4. The van der Waals surface area contributed by atoms with Crippen LogP contribution in [0.15, 0.2) is 18.2 Å². The van der Waals surface area contributed by atoms with Crippen molar-refractivity contribution in [3.63, 3.8) is 0 Å². The molecule has 3 rings (SSSR count). The number of nitrogens with two attached hydrogens (primary N) is 1. The summed E-state index contributed by atoms with van der Waals surface area (Å²) < 4.78 is 10.4. The van der Waals surface area contributed by atoms with Crippen LogP contribution < -0.4 is 10.5 Å². The molecular weight excluding hydrogens is 318 g/mol. The van der Waals surface area contributed by atoms with Crippen molar-refractivity contribution in [2.24, 2.45) is 17.1 Å². The number of benzene rings is 1. The van der Waals surface area contributed by atoms with Crippen molar-refractivity contribution in [1.82, 2.24) is 0 Å². The predicted octanol–water partition coefficient (Wildman–Crippen LogP) is 3.25. The molecule has 0 unspecified atom stereocenters. The maximum absolute atomic E-state index is 12.6. The van der Waals surface area contributed by atoms with E-state index in [1.54, 1.807) is 6.07 Å². The first-order valence-electron chi connectivity index (χ1n) is 8.89. The average molecular weight is 345 g/mol. The van der Waals surface area contributed by atoms with E-state index < -0.39 is 5.41 Å². The summed E-state index contributed by atoms with van der Waals surface area (Å²) >= 11 is 0. The largest absolute Gasteiger partial charge is 0.469 e. The highest BCUT2D eigenvalue weighted by atomic mass is 16.5. The number of hydrogen-bond acceptors (Lipinski definition) is 5. The van der Waals surface area contributed by atoms with Gasteiger partial charge in [-0.1, -0.05) is 19.4 Å². The Kier molecular flexibility index (Phi) is 4.40. The molecule has 136 valence electrons. The Labute approximate surface area is 148 Å². The van der Waals surface area contributed by atoms with Gasteiger partial charge in [-0.25, -0.2) is 0 Å². The summed E-state index contributed by atoms with van der Waals surface area (Å²) in [5, 5.41) is 0. The maximum Gasteiger partial charge on any atom is 0.311 e. The molecule has 1 fully saturated rings. The van der Waals surface area contributed by atoms with E-state index in [0.29, 0.717) is 5.75 Å². The summed E-state index contributed by atoms with van der Waals surface area (Å²) in [5.41, 5.74) is 7.92. The molecule has 0 saturated heterocycles. The number of fused-ring (bicyclic) bond motifs is 3. The summed E-state index contributed by atoms with van der Waals surface area (Å²) in [6.45, 7) is 5.61. The van der Waals surface area contributed by atoms with Crippen LogP contribution in [-0.4, -0.2) is 19.0 Å². The topological polar surface area (TPSA) is 78.6 Å². The smallest absolute Gasteiger partial charge is 0.311 e. The Morgan fingerprint density at radius 2 is 1.96 bits per heavy atom. The summed E-state index contributed by atoms with van der Waals surface area (Å²) in [6.07, 6.45) is 3.49. The van der Waals surface area contributed by atoms with E-state index in [-0.39, 0.29) is 29.3 Å². The molecule has 1 saturated carbocycles. The van der Waals surface area contributed by atoms with Gasteiger partial charge in [0.1, 0.15) is 5.75 Å². The molecule has 1 aromatic rings. The summed E-state index contributed by atoms with van der Waals surface area (Å²) in [4.78, 5) is 23.9. The van der Waals surface area contributed by atoms with E-state index in [9.17, 15) is 9.59 Å². The van der Waals surface area contributed by atoms with Crippen molar-refractivity contribution >= 4 is 11.9 Å². The first-order valence-corrected chi connectivity index (χ1v) is 8.89. The van der Waals surface area contributed by atoms with Gasteiger partial charge in [-0.15, -0.1) is 0 Å². The normalized spacial score (nSPS) is 33.8. The lowest BCUT2D eigenvalue weighted by Crippen LogP contribution is -2.54. The first kappa shape index (κ1) is 17.9. The third-order valence-electron chi connectivity index (χ3n) is 6.37. The molecule has 0 bridgehead atoms. The quantitative estimate of drug-likeness (QED) is 0.657.